The van der Waals surface area contributed by atoms with E-state index in [1.165, 1.54) is 5.56 Å². The second-order valence-corrected chi connectivity index (χ2v) is 6.28. The molecule has 0 aliphatic carbocycles. The van der Waals surface area contributed by atoms with Crippen molar-refractivity contribution < 1.29 is 5.11 Å². The second-order valence-electron chi connectivity index (χ2n) is 6.28. The van der Waals surface area contributed by atoms with Crippen molar-refractivity contribution in [1.29, 1.82) is 0 Å². The van der Waals surface area contributed by atoms with Gasteiger partial charge in [0.05, 0.1) is 12.0 Å². The summed E-state index contributed by atoms with van der Waals surface area (Å²) in [5, 5.41) is 10.9. The van der Waals surface area contributed by atoms with Gasteiger partial charge < -0.3 is 5.11 Å². The molecule has 0 radical (unpaired) electrons. The summed E-state index contributed by atoms with van der Waals surface area (Å²) in [5.74, 6) is 6.29. The molecule has 25 heavy (non-hydrogen) atoms. The number of hydrogen-bond donors (Lipinski definition) is 1. The molecule has 0 aliphatic heterocycles. The van der Waals surface area contributed by atoms with Gasteiger partial charge >= 0.3 is 0 Å². The molecular formula is C24H22O. The molecule has 0 aromatic heterocycles. The molecule has 124 valence electrons. The molecule has 3 rings (SSSR count). The standard InChI is InChI=1S/C24H22O/c1-19-12-15-22(16-13-19)23(17-14-20-8-4-2-5-9-20)24(25)18-21-10-6-3-7-11-21/h2-13,15-16,23-25H,18H2,1H3/t23?,24-/m0/s1. The van der Waals surface area contributed by atoms with Gasteiger partial charge in [-0.1, -0.05) is 90.2 Å². The van der Waals surface area contributed by atoms with Gasteiger partial charge in [0, 0.05) is 5.56 Å². The van der Waals surface area contributed by atoms with Crippen LogP contribution in [-0.4, -0.2) is 11.2 Å². The first kappa shape index (κ1) is 17.0. The van der Waals surface area contributed by atoms with Crippen molar-refractivity contribution in [2.24, 2.45) is 0 Å². The summed E-state index contributed by atoms with van der Waals surface area (Å²) in [5.41, 5.74) is 4.34. The molecule has 0 aliphatic rings. The molecular weight excluding hydrogens is 304 g/mol. The smallest absolute Gasteiger partial charge is 0.0758 e. The van der Waals surface area contributed by atoms with Gasteiger partial charge in [-0.2, -0.15) is 0 Å². The van der Waals surface area contributed by atoms with E-state index in [2.05, 4.69) is 43.0 Å². The molecule has 3 aromatic rings. The Hall–Kier alpha value is -2.82. The topological polar surface area (TPSA) is 20.2 Å². The van der Waals surface area contributed by atoms with Crippen LogP contribution in [0, 0.1) is 18.8 Å². The van der Waals surface area contributed by atoms with Gasteiger partial charge in [-0.3, -0.25) is 0 Å². The summed E-state index contributed by atoms with van der Waals surface area (Å²) < 4.78 is 0. The van der Waals surface area contributed by atoms with Crippen molar-refractivity contribution in [3.63, 3.8) is 0 Å². The van der Waals surface area contributed by atoms with Crippen molar-refractivity contribution in [2.75, 3.05) is 0 Å². The third-order valence-corrected chi connectivity index (χ3v) is 4.25. The lowest BCUT2D eigenvalue weighted by atomic mass is 9.89. The quantitative estimate of drug-likeness (QED) is 0.687. The largest absolute Gasteiger partial charge is 0.391 e. The predicted molar refractivity (Wildman–Crippen MR) is 103 cm³/mol. The molecule has 0 spiro atoms. The van der Waals surface area contributed by atoms with E-state index in [1.807, 2.05) is 60.7 Å². The maximum absolute atomic E-state index is 10.9. The molecule has 2 atom stereocenters. The van der Waals surface area contributed by atoms with Crippen LogP contribution in [0.1, 0.15) is 28.2 Å². The van der Waals surface area contributed by atoms with Gasteiger partial charge in [-0.15, -0.1) is 0 Å². The lowest BCUT2D eigenvalue weighted by Crippen LogP contribution is -2.20. The van der Waals surface area contributed by atoms with E-state index in [-0.39, 0.29) is 5.92 Å². The van der Waals surface area contributed by atoms with Gasteiger partial charge in [-0.05, 0) is 36.6 Å². The van der Waals surface area contributed by atoms with Crippen LogP contribution in [0.4, 0.5) is 0 Å². The number of aliphatic hydroxyl groups excluding tert-OH is 1. The van der Waals surface area contributed by atoms with Crippen LogP contribution in [0.2, 0.25) is 0 Å². The highest BCUT2D eigenvalue weighted by molar-refractivity contribution is 5.39. The number of aryl methyl sites for hydroxylation is 1. The Bertz CT molecular complexity index is 839. The average molecular weight is 326 g/mol. The zero-order valence-corrected chi connectivity index (χ0v) is 14.4. The van der Waals surface area contributed by atoms with E-state index in [9.17, 15) is 5.11 Å². The molecule has 1 N–H and O–H groups in total. The number of benzene rings is 3. The highest BCUT2D eigenvalue weighted by atomic mass is 16.3. The van der Waals surface area contributed by atoms with Crippen LogP contribution in [0.25, 0.3) is 0 Å². The predicted octanol–water partition coefficient (Wildman–Crippen LogP) is 4.73. The van der Waals surface area contributed by atoms with Gasteiger partial charge in [0.15, 0.2) is 0 Å². The molecule has 1 heteroatoms. The summed E-state index contributed by atoms with van der Waals surface area (Å²) in [4.78, 5) is 0. The fourth-order valence-electron chi connectivity index (χ4n) is 2.83. The SMILES string of the molecule is Cc1ccc(C(C#Cc2ccccc2)[C@@H](O)Cc2ccccc2)cc1. The minimum absolute atomic E-state index is 0.221. The zero-order chi connectivity index (χ0) is 17.5. The van der Waals surface area contributed by atoms with E-state index >= 15 is 0 Å². The van der Waals surface area contributed by atoms with E-state index in [0.717, 1.165) is 16.7 Å². The minimum atomic E-state index is -0.554. The van der Waals surface area contributed by atoms with E-state index < -0.39 is 6.10 Å². The summed E-state index contributed by atoms with van der Waals surface area (Å²) >= 11 is 0. The minimum Gasteiger partial charge on any atom is -0.391 e. The monoisotopic (exact) mass is 326 g/mol. The first-order valence-electron chi connectivity index (χ1n) is 8.57. The first-order chi connectivity index (χ1) is 12.2. The van der Waals surface area contributed by atoms with Crippen LogP contribution in [-0.2, 0) is 6.42 Å². The van der Waals surface area contributed by atoms with Crippen molar-refractivity contribution in [1.82, 2.24) is 0 Å². The number of aliphatic hydroxyl groups is 1. The van der Waals surface area contributed by atoms with Gasteiger partial charge in [-0.25, -0.2) is 0 Å². The molecule has 0 amide bonds. The Morgan fingerprint density at radius 1 is 0.800 bits per heavy atom. The highest BCUT2D eigenvalue weighted by Crippen LogP contribution is 2.23. The summed E-state index contributed by atoms with van der Waals surface area (Å²) in [6.07, 6.45) is 0.0318. The summed E-state index contributed by atoms with van der Waals surface area (Å²) in [7, 11) is 0. The first-order valence-corrected chi connectivity index (χ1v) is 8.57. The maximum atomic E-state index is 10.9. The highest BCUT2D eigenvalue weighted by Gasteiger charge is 2.19. The number of rotatable bonds is 4. The van der Waals surface area contributed by atoms with Crippen LogP contribution in [0.15, 0.2) is 84.9 Å². The summed E-state index contributed by atoms with van der Waals surface area (Å²) in [6, 6.07) is 28.3. The summed E-state index contributed by atoms with van der Waals surface area (Å²) in [6.45, 7) is 2.06. The lowest BCUT2D eigenvalue weighted by molar-refractivity contribution is 0.162. The Balaban J connectivity index is 1.88. The third-order valence-electron chi connectivity index (χ3n) is 4.25. The van der Waals surface area contributed by atoms with Gasteiger partial charge in [0.1, 0.15) is 0 Å². The van der Waals surface area contributed by atoms with Gasteiger partial charge in [0.2, 0.25) is 0 Å². The Kier molecular flexibility index (Phi) is 5.67. The maximum Gasteiger partial charge on any atom is 0.0758 e. The van der Waals surface area contributed by atoms with Crippen LogP contribution in [0.3, 0.4) is 0 Å². The van der Waals surface area contributed by atoms with E-state index in [4.69, 9.17) is 0 Å². The van der Waals surface area contributed by atoms with Crippen molar-refractivity contribution in [3.8, 4) is 11.8 Å². The molecule has 0 fully saturated rings. The molecule has 3 aromatic carbocycles. The van der Waals surface area contributed by atoms with Crippen molar-refractivity contribution in [2.45, 2.75) is 25.4 Å². The molecule has 0 bridgehead atoms. The molecule has 0 heterocycles. The average Bonchev–Trinajstić information content (AvgIpc) is 2.65. The van der Waals surface area contributed by atoms with Crippen molar-refractivity contribution >= 4 is 0 Å². The molecule has 0 saturated carbocycles. The third kappa shape index (κ3) is 4.83. The van der Waals surface area contributed by atoms with E-state index in [0.29, 0.717) is 6.42 Å². The molecule has 1 nitrogen and oxygen atoms in total. The van der Waals surface area contributed by atoms with Crippen molar-refractivity contribution in [3.05, 3.63) is 107 Å². The molecule has 0 saturated heterocycles. The van der Waals surface area contributed by atoms with Crippen LogP contribution in [0.5, 0.6) is 0 Å². The fourth-order valence-corrected chi connectivity index (χ4v) is 2.83. The second kappa shape index (κ2) is 8.33. The van der Waals surface area contributed by atoms with E-state index in [1.54, 1.807) is 0 Å². The fraction of sp³-hybridized carbons (Fsp3) is 0.167. The number of hydrogen-bond acceptors (Lipinski definition) is 1. The van der Waals surface area contributed by atoms with Crippen LogP contribution >= 0.6 is 0 Å². The Labute approximate surface area is 150 Å². The zero-order valence-electron chi connectivity index (χ0n) is 14.4. The Morgan fingerprint density at radius 2 is 1.40 bits per heavy atom. The van der Waals surface area contributed by atoms with Gasteiger partial charge in [0.25, 0.3) is 0 Å². The molecule has 1 unspecified atom stereocenters. The Morgan fingerprint density at radius 3 is 2.04 bits per heavy atom. The normalized spacial score (nSPS) is 12.7. The van der Waals surface area contributed by atoms with Crippen LogP contribution < -0.4 is 0 Å². The lowest BCUT2D eigenvalue weighted by Gasteiger charge is -2.19.